The predicted octanol–water partition coefficient (Wildman–Crippen LogP) is 2.28. The van der Waals surface area contributed by atoms with E-state index >= 15 is 0 Å². The van der Waals surface area contributed by atoms with Gasteiger partial charge in [0.15, 0.2) is 6.10 Å². The maximum Gasteiger partial charge on any atom is 0.344 e. The van der Waals surface area contributed by atoms with E-state index in [1.54, 1.807) is 24.3 Å². The standard InChI is InChI=1S/C10H11ClO3/c1-7(10(12)13)14-9-4-2-8(6-11)3-5-9/h2-5,7H,6H2,1H3,(H,12,13). The van der Waals surface area contributed by atoms with Crippen LogP contribution in [0.25, 0.3) is 0 Å². The average molecular weight is 215 g/mol. The predicted molar refractivity (Wildman–Crippen MR) is 53.7 cm³/mol. The molecule has 0 bridgehead atoms. The van der Waals surface area contributed by atoms with Gasteiger partial charge in [0, 0.05) is 5.88 Å². The van der Waals surface area contributed by atoms with Gasteiger partial charge in [-0.3, -0.25) is 0 Å². The summed E-state index contributed by atoms with van der Waals surface area (Å²) < 4.78 is 5.13. The SMILES string of the molecule is CC(Oc1ccc(CCl)cc1)C(=O)O. The molecule has 76 valence electrons. The number of halogens is 1. The molecule has 0 heterocycles. The van der Waals surface area contributed by atoms with Gasteiger partial charge in [-0.05, 0) is 24.6 Å². The van der Waals surface area contributed by atoms with E-state index in [0.29, 0.717) is 11.6 Å². The Morgan fingerprint density at radius 3 is 2.50 bits per heavy atom. The molecular formula is C10H11ClO3. The van der Waals surface area contributed by atoms with Gasteiger partial charge in [-0.1, -0.05) is 12.1 Å². The summed E-state index contributed by atoms with van der Waals surface area (Å²) in [7, 11) is 0. The van der Waals surface area contributed by atoms with Crippen LogP contribution in [0.2, 0.25) is 0 Å². The van der Waals surface area contributed by atoms with Crippen LogP contribution in [0.3, 0.4) is 0 Å². The first kappa shape index (κ1) is 10.9. The monoisotopic (exact) mass is 214 g/mol. The highest BCUT2D eigenvalue weighted by Crippen LogP contribution is 2.14. The van der Waals surface area contributed by atoms with Gasteiger partial charge in [0.25, 0.3) is 0 Å². The molecule has 1 N–H and O–H groups in total. The Morgan fingerprint density at radius 2 is 2.07 bits per heavy atom. The van der Waals surface area contributed by atoms with Crippen LogP contribution in [0.5, 0.6) is 5.75 Å². The molecule has 1 rings (SSSR count). The van der Waals surface area contributed by atoms with Gasteiger partial charge in [-0.2, -0.15) is 0 Å². The van der Waals surface area contributed by atoms with Crippen molar-refractivity contribution in [3.05, 3.63) is 29.8 Å². The molecule has 4 heteroatoms. The van der Waals surface area contributed by atoms with Gasteiger partial charge < -0.3 is 9.84 Å². The van der Waals surface area contributed by atoms with Crippen LogP contribution in [0, 0.1) is 0 Å². The number of hydrogen-bond donors (Lipinski definition) is 1. The molecular weight excluding hydrogens is 204 g/mol. The molecule has 0 radical (unpaired) electrons. The van der Waals surface area contributed by atoms with Gasteiger partial charge in [-0.15, -0.1) is 11.6 Å². The lowest BCUT2D eigenvalue weighted by molar-refractivity contribution is -0.144. The Morgan fingerprint density at radius 1 is 1.50 bits per heavy atom. The topological polar surface area (TPSA) is 46.5 Å². The van der Waals surface area contributed by atoms with Crippen molar-refractivity contribution >= 4 is 17.6 Å². The van der Waals surface area contributed by atoms with Crippen LogP contribution >= 0.6 is 11.6 Å². The minimum atomic E-state index is -0.980. The molecule has 1 unspecified atom stereocenters. The van der Waals surface area contributed by atoms with Gasteiger partial charge >= 0.3 is 5.97 Å². The van der Waals surface area contributed by atoms with E-state index in [4.69, 9.17) is 21.4 Å². The van der Waals surface area contributed by atoms with Gasteiger partial charge in [-0.25, -0.2) is 4.79 Å². The number of hydrogen-bond acceptors (Lipinski definition) is 2. The Kier molecular flexibility index (Phi) is 3.77. The first-order valence-corrected chi connectivity index (χ1v) is 4.71. The zero-order valence-electron chi connectivity index (χ0n) is 7.74. The largest absolute Gasteiger partial charge is 0.479 e. The van der Waals surface area contributed by atoms with Crippen molar-refractivity contribution in [3.8, 4) is 5.75 Å². The van der Waals surface area contributed by atoms with Crippen LogP contribution in [0.1, 0.15) is 12.5 Å². The third-order valence-electron chi connectivity index (χ3n) is 1.74. The Balaban J connectivity index is 2.64. The van der Waals surface area contributed by atoms with Crippen molar-refractivity contribution in [3.63, 3.8) is 0 Å². The molecule has 0 saturated heterocycles. The Labute approximate surface area is 87.3 Å². The van der Waals surface area contributed by atoms with E-state index in [0.717, 1.165) is 5.56 Å². The molecule has 1 aromatic carbocycles. The molecule has 0 aliphatic rings. The maximum absolute atomic E-state index is 10.5. The van der Waals surface area contributed by atoms with Gasteiger partial charge in [0.2, 0.25) is 0 Å². The maximum atomic E-state index is 10.5. The summed E-state index contributed by atoms with van der Waals surface area (Å²) in [6, 6.07) is 7.02. The summed E-state index contributed by atoms with van der Waals surface area (Å²) in [5.74, 6) is -0.00502. The normalized spacial score (nSPS) is 12.1. The lowest BCUT2D eigenvalue weighted by Gasteiger charge is -2.10. The Hall–Kier alpha value is -1.22. The molecule has 0 aliphatic heterocycles. The van der Waals surface area contributed by atoms with Crippen LogP contribution in [-0.4, -0.2) is 17.2 Å². The first-order valence-electron chi connectivity index (χ1n) is 4.18. The summed E-state index contributed by atoms with van der Waals surface area (Å²) in [5.41, 5.74) is 0.974. The minimum Gasteiger partial charge on any atom is -0.479 e. The second kappa shape index (κ2) is 4.86. The van der Waals surface area contributed by atoms with Crippen molar-refractivity contribution in [2.45, 2.75) is 18.9 Å². The fraction of sp³-hybridized carbons (Fsp3) is 0.300. The van der Waals surface area contributed by atoms with Crippen LogP contribution < -0.4 is 4.74 Å². The van der Waals surface area contributed by atoms with Crippen LogP contribution in [0.4, 0.5) is 0 Å². The molecule has 14 heavy (non-hydrogen) atoms. The highest BCUT2D eigenvalue weighted by atomic mass is 35.5. The lowest BCUT2D eigenvalue weighted by Crippen LogP contribution is -2.22. The Bertz CT molecular complexity index is 308. The van der Waals surface area contributed by atoms with E-state index in [1.165, 1.54) is 6.92 Å². The van der Waals surface area contributed by atoms with E-state index in [9.17, 15) is 4.79 Å². The number of rotatable bonds is 4. The molecule has 1 atom stereocenters. The van der Waals surface area contributed by atoms with Crippen molar-refractivity contribution in [2.24, 2.45) is 0 Å². The molecule has 0 spiro atoms. The molecule has 0 fully saturated rings. The van der Waals surface area contributed by atoms with Crippen molar-refractivity contribution in [1.29, 1.82) is 0 Å². The number of carboxylic acid groups (broad SMARTS) is 1. The van der Waals surface area contributed by atoms with E-state index in [-0.39, 0.29) is 0 Å². The van der Waals surface area contributed by atoms with Gasteiger partial charge in [0.1, 0.15) is 5.75 Å². The van der Waals surface area contributed by atoms with Crippen LogP contribution in [0.15, 0.2) is 24.3 Å². The van der Waals surface area contributed by atoms with Crippen molar-refractivity contribution in [2.75, 3.05) is 0 Å². The number of carboxylic acids is 1. The second-order valence-electron chi connectivity index (χ2n) is 2.88. The lowest BCUT2D eigenvalue weighted by atomic mass is 10.2. The van der Waals surface area contributed by atoms with Crippen LogP contribution in [-0.2, 0) is 10.7 Å². The zero-order valence-corrected chi connectivity index (χ0v) is 8.49. The molecule has 0 amide bonds. The smallest absolute Gasteiger partial charge is 0.344 e. The second-order valence-corrected chi connectivity index (χ2v) is 3.14. The quantitative estimate of drug-likeness (QED) is 0.783. The van der Waals surface area contributed by atoms with E-state index in [2.05, 4.69) is 0 Å². The third kappa shape index (κ3) is 2.92. The molecule has 0 aromatic heterocycles. The molecule has 3 nitrogen and oxygen atoms in total. The van der Waals surface area contributed by atoms with E-state index in [1.807, 2.05) is 0 Å². The number of carbonyl (C=O) groups is 1. The third-order valence-corrected chi connectivity index (χ3v) is 2.05. The highest BCUT2D eigenvalue weighted by Gasteiger charge is 2.11. The molecule has 0 saturated carbocycles. The summed E-state index contributed by atoms with van der Waals surface area (Å²) in [6.45, 7) is 1.48. The van der Waals surface area contributed by atoms with E-state index < -0.39 is 12.1 Å². The first-order chi connectivity index (χ1) is 6.63. The summed E-state index contributed by atoms with van der Waals surface area (Å²) in [4.78, 5) is 10.5. The number of ether oxygens (including phenoxy) is 1. The average Bonchev–Trinajstić information content (AvgIpc) is 2.19. The van der Waals surface area contributed by atoms with Crippen molar-refractivity contribution in [1.82, 2.24) is 0 Å². The molecule has 0 aliphatic carbocycles. The summed E-state index contributed by atoms with van der Waals surface area (Å²) in [5, 5.41) is 8.60. The number of aliphatic carboxylic acids is 1. The fourth-order valence-electron chi connectivity index (χ4n) is 0.912. The minimum absolute atomic E-state index is 0.439. The van der Waals surface area contributed by atoms with Crippen molar-refractivity contribution < 1.29 is 14.6 Å². The summed E-state index contributed by atoms with van der Waals surface area (Å²) in [6.07, 6.45) is -0.836. The molecule has 1 aromatic rings. The zero-order chi connectivity index (χ0) is 10.6. The summed E-state index contributed by atoms with van der Waals surface area (Å²) >= 11 is 5.60. The fourth-order valence-corrected chi connectivity index (χ4v) is 1.09. The number of alkyl halides is 1. The number of benzene rings is 1. The highest BCUT2D eigenvalue weighted by molar-refractivity contribution is 6.17. The van der Waals surface area contributed by atoms with Gasteiger partial charge in [0.05, 0.1) is 0 Å².